The normalized spacial score (nSPS) is 17.1. The number of nitrogens with one attached hydrogen (secondary N) is 1. The van der Waals surface area contributed by atoms with Gasteiger partial charge in [0.2, 0.25) is 0 Å². The molecule has 1 fully saturated rings. The van der Waals surface area contributed by atoms with E-state index in [4.69, 9.17) is 5.73 Å². The van der Waals surface area contributed by atoms with Crippen LogP contribution in [-0.2, 0) is 5.41 Å². The fourth-order valence-corrected chi connectivity index (χ4v) is 2.08. The van der Waals surface area contributed by atoms with Gasteiger partial charge >= 0.3 is 0 Å². The van der Waals surface area contributed by atoms with Gasteiger partial charge in [-0.05, 0) is 25.0 Å². The predicted molar refractivity (Wildman–Crippen MR) is 63.9 cm³/mol. The molecule has 88 valence electrons. The quantitative estimate of drug-likeness (QED) is 0.850. The van der Waals surface area contributed by atoms with E-state index < -0.39 is 0 Å². The summed E-state index contributed by atoms with van der Waals surface area (Å²) in [5.41, 5.74) is 7.46. The van der Waals surface area contributed by atoms with E-state index in [-0.39, 0.29) is 11.2 Å². The molecular weight excluding hydrogens is 217 g/mol. The molecule has 1 aliphatic rings. The molecule has 0 unspecified atom stereocenters. The summed E-state index contributed by atoms with van der Waals surface area (Å²) in [4.78, 5) is 7.62. The number of halogens is 1. The van der Waals surface area contributed by atoms with Crippen LogP contribution in [0.5, 0.6) is 0 Å². The minimum absolute atomic E-state index is 0.0472. The number of nitrogens with zero attached hydrogens (tertiary/aromatic N) is 1. The van der Waals surface area contributed by atoms with Gasteiger partial charge in [-0.1, -0.05) is 12.1 Å². The van der Waals surface area contributed by atoms with Gasteiger partial charge in [0.15, 0.2) is 0 Å². The van der Waals surface area contributed by atoms with E-state index in [2.05, 4.69) is 9.97 Å². The Morgan fingerprint density at radius 2 is 2.24 bits per heavy atom. The lowest BCUT2D eigenvalue weighted by molar-refractivity contribution is 0.628. The van der Waals surface area contributed by atoms with Crippen molar-refractivity contribution in [1.82, 2.24) is 9.97 Å². The van der Waals surface area contributed by atoms with Crippen molar-refractivity contribution >= 4 is 0 Å². The van der Waals surface area contributed by atoms with Crippen LogP contribution < -0.4 is 5.73 Å². The zero-order chi connectivity index (χ0) is 11.9. The summed E-state index contributed by atoms with van der Waals surface area (Å²) in [5, 5.41) is 0. The lowest BCUT2D eigenvalue weighted by atomic mass is 10.1. The molecule has 17 heavy (non-hydrogen) atoms. The Morgan fingerprint density at radius 1 is 1.41 bits per heavy atom. The second-order valence-electron chi connectivity index (χ2n) is 4.64. The first-order valence-corrected chi connectivity index (χ1v) is 5.75. The van der Waals surface area contributed by atoms with E-state index in [0.717, 1.165) is 29.9 Å². The van der Waals surface area contributed by atoms with Gasteiger partial charge in [0.25, 0.3) is 0 Å². The summed E-state index contributed by atoms with van der Waals surface area (Å²) in [6, 6.07) is 6.49. The van der Waals surface area contributed by atoms with Gasteiger partial charge in [0.05, 0.1) is 11.9 Å². The average Bonchev–Trinajstić information content (AvgIpc) is 2.99. The minimum atomic E-state index is -0.237. The number of hydrogen-bond acceptors (Lipinski definition) is 2. The molecule has 3 N–H and O–H groups in total. The second-order valence-corrected chi connectivity index (χ2v) is 4.64. The van der Waals surface area contributed by atoms with Crippen molar-refractivity contribution < 1.29 is 4.39 Å². The van der Waals surface area contributed by atoms with Crippen LogP contribution in [0.25, 0.3) is 11.3 Å². The molecule has 4 heteroatoms. The molecule has 0 spiro atoms. The summed E-state index contributed by atoms with van der Waals surface area (Å²) in [7, 11) is 0. The first kappa shape index (κ1) is 10.5. The molecule has 1 heterocycles. The lowest BCUT2D eigenvalue weighted by Crippen LogP contribution is -2.21. The molecule has 0 radical (unpaired) electrons. The molecule has 3 nitrogen and oxygen atoms in total. The molecule has 1 aromatic carbocycles. The zero-order valence-corrected chi connectivity index (χ0v) is 9.41. The molecule has 1 aromatic heterocycles. The number of nitrogens with two attached hydrogens (primary N) is 1. The van der Waals surface area contributed by atoms with Crippen LogP contribution in [0.15, 0.2) is 30.5 Å². The smallest absolute Gasteiger partial charge is 0.123 e. The Kier molecular flexibility index (Phi) is 2.26. The Labute approximate surface area is 98.9 Å². The summed E-state index contributed by atoms with van der Waals surface area (Å²) in [6.45, 7) is 0.614. The molecule has 0 amide bonds. The predicted octanol–water partition coefficient (Wildman–Crippen LogP) is 2.21. The van der Waals surface area contributed by atoms with E-state index in [1.807, 2.05) is 6.07 Å². The van der Waals surface area contributed by atoms with Crippen LogP contribution >= 0.6 is 0 Å². The number of imidazole rings is 1. The molecule has 0 saturated heterocycles. The summed E-state index contributed by atoms with van der Waals surface area (Å²) >= 11 is 0. The lowest BCUT2D eigenvalue weighted by Gasteiger charge is -2.07. The molecule has 3 rings (SSSR count). The molecule has 1 aliphatic carbocycles. The average molecular weight is 231 g/mol. The SMILES string of the molecule is NCC1(c2ncc(-c3cccc(F)c3)[nH]2)CC1. The Bertz CT molecular complexity index is 543. The third-order valence-corrected chi connectivity index (χ3v) is 3.46. The summed E-state index contributed by atoms with van der Waals surface area (Å²) < 4.78 is 13.1. The molecule has 0 bridgehead atoms. The highest BCUT2D eigenvalue weighted by atomic mass is 19.1. The third-order valence-electron chi connectivity index (χ3n) is 3.46. The first-order valence-electron chi connectivity index (χ1n) is 5.75. The Balaban J connectivity index is 1.95. The van der Waals surface area contributed by atoms with Crippen LogP contribution in [0.1, 0.15) is 18.7 Å². The molecular formula is C13H14FN3. The van der Waals surface area contributed by atoms with Gasteiger partial charge in [-0.2, -0.15) is 0 Å². The monoisotopic (exact) mass is 231 g/mol. The van der Waals surface area contributed by atoms with Crippen LogP contribution in [0.4, 0.5) is 4.39 Å². The van der Waals surface area contributed by atoms with Gasteiger partial charge < -0.3 is 10.7 Å². The number of aromatic nitrogens is 2. The zero-order valence-electron chi connectivity index (χ0n) is 9.41. The summed E-state index contributed by atoms with van der Waals surface area (Å²) in [5.74, 6) is 0.692. The van der Waals surface area contributed by atoms with Gasteiger partial charge in [-0.25, -0.2) is 9.37 Å². The maximum atomic E-state index is 13.1. The molecule has 0 atom stereocenters. The topological polar surface area (TPSA) is 54.7 Å². The molecule has 0 aliphatic heterocycles. The number of H-pyrrole nitrogens is 1. The van der Waals surface area contributed by atoms with Crippen molar-refractivity contribution in [2.75, 3.05) is 6.54 Å². The van der Waals surface area contributed by atoms with Crippen molar-refractivity contribution in [2.45, 2.75) is 18.3 Å². The van der Waals surface area contributed by atoms with Gasteiger partial charge in [0.1, 0.15) is 11.6 Å². The van der Waals surface area contributed by atoms with Crippen LogP contribution in [-0.4, -0.2) is 16.5 Å². The van der Waals surface area contributed by atoms with Gasteiger partial charge in [0, 0.05) is 17.5 Å². The van der Waals surface area contributed by atoms with Crippen LogP contribution in [0, 0.1) is 5.82 Å². The van der Waals surface area contributed by atoms with E-state index in [1.54, 1.807) is 12.3 Å². The van der Waals surface area contributed by atoms with E-state index in [1.165, 1.54) is 12.1 Å². The number of hydrogen-bond donors (Lipinski definition) is 2. The highest BCUT2D eigenvalue weighted by molar-refractivity contribution is 5.58. The summed E-state index contributed by atoms with van der Waals surface area (Å²) in [6.07, 6.45) is 3.92. The van der Waals surface area contributed by atoms with Crippen molar-refractivity contribution in [3.8, 4) is 11.3 Å². The van der Waals surface area contributed by atoms with Crippen molar-refractivity contribution in [2.24, 2.45) is 5.73 Å². The first-order chi connectivity index (χ1) is 8.23. The van der Waals surface area contributed by atoms with Crippen LogP contribution in [0.3, 0.4) is 0 Å². The van der Waals surface area contributed by atoms with Gasteiger partial charge in [-0.15, -0.1) is 0 Å². The fourth-order valence-electron chi connectivity index (χ4n) is 2.08. The van der Waals surface area contributed by atoms with Crippen molar-refractivity contribution in [3.63, 3.8) is 0 Å². The Hall–Kier alpha value is -1.68. The van der Waals surface area contributed by atoms with Crippen molar-refractivity contribution in [3.05, 3.63) is 42.1 Å². The molecule has 1 saturated carbocycles. The number of rotatable bonds is 3. The second kappa shape index (κ2) is 3.67. The highest BCUT2D eigenvalue weighted by Crippen LogP contribution is 2.46. The standard InChI is InChI=1S/C13H14FN3/c14-10-3-1-2-9(6-10)11-7-16-12(17-11)13(8-15)4-5-13/h1-3,6-7H,4-5,8,15H2,(H,16,17). The van der Waals surface area contributed by atoms with E-state index >= 15 is 0 Å². The maximum absolute atomic E-state index is 13.1. The number of benzene rings is 1. The fraction of sp³-hybridized carbons (Fsp3) is 0.308. The van der Waals surface area contributed by atoms with Crippen LogP contribution in [0.2, 0.25) is 0 Å². The Morgan fingerprint density at radius 3 is 2.88 bits per heavy atom. The number of aromatic amines is 1. The minimum Gasteiger partial charge on any atom is -0.341 e. The highest BCUT2D eigenvalue weighted by Gasteiger charge is 2.45. The van der Waals surface area contributed by atoms with E-state index in [9.17, 15) is 4.39 Å². The largest absolute Gasteiger partial charge is 0.341 e. The molecule has 2 aromatic rings. The third kappa shape index (κ3) is 1.74. The maximum Gasteiger partial charge on any atom is 0.123 e. The van der Waals surface area contributed by atoms with Crippen molar-refractivity contribution in [1.29, 1.82) is 0 Å². The van der Waals surface area contributed by atoms with Gasteiger partial charge in [-0.3, -0.25) is 0 Å². The van der Waals surface area contributed by atoms with E-state index in [0.29, 0.717) is 6.54 Å².